The lowest BCUT2D eigenvalue weighted by atomic mass is 10.1. The number of nitrogens with one attached hydrogen (secondary N) is 2. The van der Waals surface area contributed by atoms with E-state index in [0.717, 1.165) is 5.69 Å². The van der Waals surface area contributed by atoms with Crippen molar-refractivity contribution < 1.29 is 14.7 Å². The molecule has 142 valence electrons. The van der Waals surface area contributed by atoms with E-state index in [1.807, 2.05) is 43.3 Å². The minimum absolute atomic E-state index is 0.0372. The fourth-order valence-corrected chi connectivity index (χ4v) is 2.37. The van der Waals surface area contributed by atoms with Crippen LogP contribution in [0.5, 0.6) is 5.75 Å². The number of nitrogens with zero attached hydrogens (tertiary/aromatic N) is 2. The second kappa shape index (κ2) is 8.84. The molecule has 2 aromatic carbocycles. The molecule has 2 rings (SSSR count). The number of rotatable bonds is 6. The molecule has 7 heteroatoms. The van der Waals surface area contributed by atoms with E-state index >= 15 is 0 Å². The number of carbonyl (C=O) groups is 2. The van der Waals surface area contributed by atoms with Crippen LogP contribution in [0.1, 0.15) is 29.3 Å². The highest BCUT2D eigenvalue weighted by molar-refractivity contribution is 6.06. The van der Waals surface area contributed by atoms with Gasteiger partial charge in [-0.1, -0.05) is 12.1 Å². The molecule has 27 heavy (non-hydrogen) atoms. The predicted molar refractivity (Wildman–Crippen MR) is 107 cm³/mol. The van der Waals surface area contributed by atoms with Gasteiger partial charge in [0.2, 0.25) is 5.91 Å². The molecule has 0 saturated heterocycles. The Hall–Kier alpha value is -3.35. The van der Waals surface area contributed by atoms with Crippen molar-refractivity contribution in [2.75, 3.05) is 24.3 Å². The second-order valence-corrected chi connectivity index (χ2v) is 6.43. The summed E-state index contributed by atoms with van der Waals surface area (Å²) in [5, 5.41) is 16.6. The molecule has 0 atom stereocenters. The van der Waals surface area contributed by atoms with E-state index < -0.39 is 5.91 Å². The fourth-order valence-electron chi connectivity index (χ4n) is 2.37. The first-order chi connectivity index (χ1) is 12.8. The molecule has 3 N–H and O–H groups in total. The van der Waals surface area contributed by atoms with E-state index in [4.69, 9.17) is 0 Å². The summed E-state index contributed by atoms with van der Waals surface area (Å²) in [6.07, 6.45) is 0.0372. The van der Waals surface area contributed by atoms with Gasteiger partial charge in [0.05, 0.1) is 12.0 Å². The zero-order chi connectivity index (χ0) is 20.0. The van der Waals surface area contributed by atoms with Crippen molar-refractivity contribution >= 4 is 28.9 Å². The summed E-state index contributed by atoms with van der Waals surface area (Å²) in [7, 11) is 3.89. The average molecular weight is 368 g/mol. The number of amides is 2. The number of aryl methyl sites for hydroxylation is 1. The molecule has 2 aromatic rings. The largest absolute Gasteiger partial charge is 0.507 e. The first-order valence-electron chi connectivity index (χ1n) is 8.47. The summed E-state index contributed by atoms with van der Waals surface area (Å²) < 4.78 is 0. The Morgan fingerprint density at radius 3 is 2.41 bits per heavy atom. The Morgan fingerprint density at radius 2 is 1.78 bits per heavy atom. The van der Waals surface area contributed by atoms with Gasteiger partial charge in [0.1, 0.15) is 5.75 Å². The van der Waals surface area contributed by atoms with Crippen LogP contribution in [0.25, 0.3) is 0 Å². The van der Waals surface area contributed by atoms with Crippen molar-refractivity contribution in [2.24, 2.45) is 5.10 Å². The van der Waals surface area contributed by atoms with Crippen molar-refractivity contribution in [3.05, 3.63) is 53.6 Å². The summed E-state index contributed by atoms with van der Waals surface area (Å²) >= 11 is 0. The fraction of sp³-hybridized carbons (Fsp3) is 0.250. The molecule has 0 aromatic heterocycles. The molecule has 0 bridgehead atoms. The Balaban J connectivity index is 1.91. The Labute approximate surface area is 158 Å². The van der Waals surface area contributed by atoms with E-state index in [1.165, 1.54) is 6.07 Å². The first kappa shape index (κ1) is 20.0. The standard InChI is InChI=1S/C20H24N4O3/c1-13-6-5-7-17(19(13)26)20(27)23-22-14(2)12-18(25)21-15-8-10-16(11-9-15)24(3)4/h5-11,26H,12H2,1-4H3,(H,21,25)(H,23,27). The van der Waals surface area contributed by atoms with Gasteiger partial charge >= 0.3 is 0 Å². The van der Waals surface area contributed by atoms with Crippen molar-refractivity contribution in [1.29, 1.82) is 0 Å². The number of aromatic hydroxyl groups is 1. The van der Waals surface area contributed by atoms with Gasteiger partial charge in [-0.2, -0.15) is 5.10 Å². The number of hydrogen-bond donors (Lipinski definition) is 3. The highest BCUT2D eigenvalue weighted by Crippen LogP contribution is 2.21. The number of hydrazone groups is 1. The van der Waals surface area contributed by atoms with E-state index in [2.05, 4.69) is 15.8 Å². The zero-order valence-corrected chi connectivity index (χ0v) is 15.9. The van der Waals surface area contributed by atoms with Crippen LogP contribution in [0.2, 0.25) is 0 Å². The van der Waals surface area contributed by atoms with Crippen LogP contribution in [-0.4, -0.2) is 36.7 Å². The smallest absolute Gasteiger partial charge is 0.275 e. The van der Waals surface area contributed by atoms with Crippen LogP contribution in [0.4, 0.5) is 11.4 Å². The van der Waals surface area contributed by atoms with Gasteiger partial charge < -0.3 is 15.3 Å². The van der Waals surface area contributed by atoms with Gasteiger partial charge in [-0.3, -0.25) is 9.59 Å². The summed E-state index contributed by atoms with van der Waals surface area (Å²) in [6, 6.07) is 12.3. The van der Waals surface area contributed by atoms with Gasteiger partial charge in [-0.15, -0.1) is 0 Å². The lowest BCUT2D eigenvalue weighted by molar-refractivity contribution is -0.115. The van der Waals surface area contributed by atoms with Crippen LogP contribution in [-0.2, 0) is 4.79 Å². The number of phenols is 1. The summed E-state index contributed by atoms with van der Waals surface area (Å²) in [5.74, 6) is -0.849. The van der Waals surface area contributed by atoms with E-state index in [0.29, 0.717) is 17.0 Å². The second-order valence-electron chi connectivity index (χ2n) is 6.43. The number of hydrogen-bond acceptors (Lipinski definition) is 5. The Kier molecular flexibility index (Phi) is 6.54. The molecule has 0 aliphatic rings. The molecule has 7 nitrogen and oxygen atoms in total. The van der Waals surface area contributed by atoms with Gasteiger partial charge in [-0.05, 0) is 49.7 Å². The minimum atomic E-state index is -0.532. The summed E-state index contributed by atoms with van der Waals surface area (Å²) in [5.41, 5.74) is 5.26. The SMILES string of the molecule is CC(CC(=O)Nc1ccc(N(C)C)cc1)=NNC(=O)c1cccc(C)c1O. The number of phenolic OH excluding ortho intramolecular Hbond substituents is 1. The van der Waals surface area contributed by atoms with Gasteiger partial charge in [-0.25, -0.2) is 5.43 Å². The molecule has 0 unspecified atom stereocenters. The maximum Gasteiger partial charge on any atom is 0.275 e. The molecule has 0 aliphatic carbocycles. The number of para-hydroxylation sites is 1. The third kappa shape index (κ3) is 5.57. The van der Waals surface area contributed by atoms with Crippen LogP contribution in [0.3, 0.4) is 0 Å². The van der Waals surface area contributed by atoms with Crippen LogP contribution < -0.4 is 15.6 Å². The monoisotopic (exact) mass is 368 g/mol. The maximum atomic E-state index is 12.1. The normalized spacial score (nSPS) is 11.0. The van der Waals surface area contributed by atoms with E-state index in [9.17, 15) is 14.7 Å². The van der Waals surface area contributed by atoms with Gasteiger partial charge in [0, 0.05) is 31.2 Å². The first-order valence-corrected chi connectivity index (χ1v) is 8.47. The Bertz CT molecular complexity index is 858. The van der Waals surface area contributed by atoms with E-state index in [-0.39, 0.29) is 23.6 Å². The molecule has 0 radical (unpaired) electrons. The zero-order valence-electron chi connectivity index (χ0n) is 15.9. The van der Waals surface area contributed by atoms with Crippen LogP contribution >= 0.6 is 0 Å². The van der Waals surface area contributed by atoms with Crippen molar-refractivity contribution in [3.8, 4) is 5.75 Å². The summed E-state index contributed by atoms with van der Waals surface area (Å²) in [6.45, 7) is 3.35. The number of carbonyl (C=O) groups excluding carboxylic acids is 2. The molecule has 0 heterocycles. The molecular weight excluding hydrogens is 344 g/mol. The molecule has 0 saturated carbocycles. The number of benzene rings is 2. The van der Waals surface area contributed by atoms with Gasteiger partial charge in [0.25, 0.3) is 5.91 Å². The van der Waals surface area contributed by atoms with Crippen LogP contribution in [0, 0.1) is 6.92 Å². The lowest BCUT2D eigenvalue weighted by Gasteiger charge is -2.13. The number of anilines is 2. The van der Waals surface area contributed by atoms with Crippen LogP contribution in [0.15, 0.2) is 47.6 Å². The minimum Gasteiger partial charge on any atom is -0.507 e. The highest BCUT2D eigenvalue weighted by Gasteiger charge is 2.12. The van der Waals surface area contributed by atoms with Crippen molar-refractivity contribution in [2.45, 2.75) is 20.3 Å². The van der Waals surface area contributed by atoms with E-state index in [1.54, 1.807) is 26.0 Å². The molecule has 0 spiro atoms. The highest BCUT2D eigenvalue weighted by atomic mass is 16.3. The average Bonchev–Trinajstić information content (AvgIpc) is 2.62. The van der Waals surface area contributed by atoms with Crippen molar-refractivity contribution in [3.63, 3.8) is 0 Å². The Morgan fingerprint density at radius 1 is 1.11 bits per heavy atom. The topological polar surface area (TPSA) is 94.0 Å². The quantitative estimate of drug-likeness (QED) is 0.540. The van der Waals surface area contributed by atoms with Gasteiger partial charge in [0.15, 0.2) is 0 Å². The molecular formula is C20H24N4O3. The third-order valence-corrected chi connectivity index (χ3v) is 3.91. The molecule has 0 aliphatic heterocycles. The third-order valence-electron chi connectivity index (χ3n) is 3.91. The maximum absolute atomic E-state index is 12.1. The predicted octanol–water partition coefficient (Wildman–Crippen LogP) is 2.90. The lowest BCUT2D eigenvalue weighted by Crippen LogP contribution is -2.21. The molecule has 2 amide bonds. The molecule has 0 fully saturated rings. The van der Waals surface area contributed by atoms with Crippen molar-refractivity contribution in [1.82, 2.24) is 5.43 Å². The summed E-state index contributed by atoms with van der Waals surface area (Å²) in [4.78, 5) is 26.2.